The molecule has 0 aromatic heterocycles. The van der Waals surface area contributed by atoms with E-state index in [4.69, 9.17) is 9.47 Å². The summed E-state index contributed by atoms with van der Waals surface area (Å²) in [6.45, 7) is 8.52. The third-order valence-electron chi connectivity index (χ3n) is 8.58. The highest BCUT2D eigenvalue weighted by Crippen LogP contribution is 2.22. The van der Waals surface area contributed by atoms with Gasteiger partial charge in [0.1, 0.15) is 0 Å². The summed E-state index contributed by atoms with van der Waals surface area (Å²) in [6.07, 6.45) is 15.5. The van der Waals surface area contributed by atoms with Gasteiger partial charge in [-0.2, -0.15) is 0 Å². The van der Waals surface area contributed by atoms with Gasteiger partial charge in [-0.15, -0.1) is 0 Å². The van der Waals surface area contributed by atoms with Crippen molar-refractivity contribution in [1.82, 2.24) is 5.32 Å². The first-order valence-electron chi connectivity index (χ1n) is 17.0. The quantitative estimate of drug-likeness (QED) is 0.281. The largest absolute Gasteiger partial charge is 0.452 e. The summed E-state index contributed by atoms with van der Waals surface area (Å²) >= 11 is 0. The summed E-state index contributed by atoms with van der Waals surface area (Å²) in [6, 6.07) is 0. The van der Waals surface area contributed by atoms with Crippen LogP contribution in [0.15, 0.2) is 23.8 Å². The SMILES string of the molecule is CCCC1OC(=O)C(C)CC(C)CCCCCCCCC(CC)C=CC=C(COC)CCC(O)C(O)CC(O)CNC1=O. The van der Waals surface area contributed by atoms with Crippen LogP contribution in [-0.2, 0) is 19.1 Å². The summed E-state index contributed by atoms with van der Waals surface area (Å²) in [5, 5.41) is 34.2. The topological polar surface area (TPSA) is 125 Å². The molecule has 1 aliphatic heterocycles. The maximum Gasteiger partial charge on any atom is 0.309 e. The first-order valence-corrected chi connectivity index (χ1v) is 17.0. The van der Waals surface area contributed by atoms with E-state index in [1.54, 1.807) is 7.11 Å². The highest BCUT2D eigenvalue weighted by Gasteiger charge is 2.27. The van der Waals surface area contributed by atoms with Crippen LogP contribution in [0, 0.1) is 17.8 Å². The van der Waals surface area contributed by atoms with E-state index >= 15 is 0 Å². The maximum absolute atomic E-state index is 12.8. The van der Waals surface area contributed by atoms with Gasteiger partial charge in [0.2, 0.25) is 0 Å². The Labute approximate surface area is 261 Å². The van der Waals surface area contributed by atoms with Gasteiger partial charge in [0, 0.05) is 20.1 Å². The predicted molar refractivity (Wildman–Crippen MR) is 172 cm³/mol. The number of carbonyl (C=O) groups is 2. The monoisotopic (exact) mass is 609 g/mol. The Balaban J connectivity index is 2.90. The summed E-state index contributed by atoms with van der Waals surface area (Å²) in [5.41, 5.74) is 1.03. The number of carbonyl (C=O) groups excluding carboxylic acids is 2. The molecule has 0 aromatic carbocycles. The molecular weight excluding hydrogens is 546 g/mol. The van der Waals surface area contributed by atoms with Gasteiger partial charge in [0.15, 0.2) is 6.10 Å². The lowest BCUT2D eigenvalue weighted by Gasteiger charge is -2.23. The first kappa shape index (κ1) is 39.3. The number of hydrogen-bond donors (Lipinski definition) is 4. The van der Waals surface area contributed by atoms with Gasteiger partial charge in [-0.05, 0) is 55.9 Å². The van der Waals surface area contributed by atoms with Crippen LogP contribution >= 0.6 is 0 Å². The number of aliphatic hydroxyl groups excluding tert-OH is 3. The van der Waals surface area contributed by atoms with E-state index in [-0.39, 0.29) is 24.9 Å². The number of hydrogen-bond acceptors (Lipinski definition) is 7. The molecule has 1 aliphatic rings. The molecule has 1 rings (SSSR count). The van der Waals surface area contributed by atoms with Crippen LogP contribution in [-0.4, -0.2) is 71.9 Å². The number of cyclic esters (lactones) is 1. The van der Waals surface area contributed by atoms with Gasteiger partial charge in [0.05, 0.1) is 30.8 Å². The summed E-state index contributed by atoms with van der Waals surface area (Å²) in [4.78, 5) is 25.6. The minimum Gasteiger partial charge on any atom is -0.452 e. The lowest BCUT2D eigenvalue weighted by Crippen LogP contribution is -2.43. The Morgan fingerprint density at radius 3 is 2.26 bits per heavy atom. The zero-order valence-electron chi connectivity index (χ0n) is 27.8. The van der Waals surface area contributed by atoms with Gasteiger partial charge in [-0.1, -0.05) is 97.3 Å². The van der Waals surface area contributed by atoms with Crippen molar-refractivity contribution in [3.05, 3.63) is 23.8 Å². The van der Waals surface area contributed by atoms with E-state index in [0.717, 1.165) is 31.3 Å². The molecule has 0 saturated heterocycles. The second-order valence-corrected chi connectivity index (χ2v) is 12.8. The van der Waals surface area contributed by atoms with Crippen LogP contribution in [0.5, 0.6) is 0 Å². The molecule has 250 valence electrons. The normalized spacial score (nSPS) is 31.3. The molecule has 0 bridgehead atoms. The zero-order valence-corrected chi connectivity index (χ0v) is 27.8. The number of β-amino-alcohol motifs (C(OH)–C–C–N with tert-alkyl or cyclic N) is 1. The molecule has 0 fully saturated rings. The molecule has 4 N–H and O–H groups in total. The van der Waals surface area contributed by atoms with E-state index in [2.05, 4.69) is 31.3 Å². The van der Waals surface area contributed by atoms with Crippen LogP contribution in [0.4, 0.5) is 0 Å². The fourth-order valence-corrected chi connectivity index (χ4v) is 5.74. The number of nitrogens with one attached hydrogen (secondary N) is 1. The number of rotatable bonds is 5. The van der Waals surface area contributed by atoms with Crippen molar-refractivity contribution >= 4 is 11.9 Å². The average molecular weight is 610 g/mol. The highest BCUT2D eigenvalue weighted by molar-refractivity contribution is 5.84. The fourth-order valence-electron chi connectivity index (χ4n) is 5.74. The van der Waals surface area contributed by atoms with Crippen molar-refractivity contribution in [2.45, 2.75) is 148 Å². The van der Waals surface area contributed by atoms with E-state index < -0.39 is 30.3 Å². The van der Waals surface area contributed by atoms with Gasteiger partial charge in [0.25, 0.3) is 5.91 Å². The lowest BCUT2D eigenvalue weighted by molar-refractivity contribution is -0.160. The molecule has 0 aliphatic carbocycles. The standard InChI is InChI=1S/C35H63NO7/c1-6-15-33-34(40)36-24-30(37)23-32(39)31(38)21-20-29(25-42-5)19-14-18-28(7-2)17-13-11-9-8-10-12-16-26(3)22-27(4)35(41)43-33/h14,18-19,26-28,30-33,37-39H,6-13,15-17,20-25H2,1-5H3,(H,36,40). The van der Waals surface area contributed by atoms with Crippen LogP contribution in [0.3, 0.4) is 0 Å². The molecular formula is C35H63NO7. The number of allylic oxidation sites excluding steroid dienone is 3. The summed E-state index contributed by atoms with van der Waals surface area (Å²) in [7, 11) is 1.64. The maximum atomic E-state index is 12.8. The van der Waals surface area contributed by atoms with Gasteiger partial charge in [-0.3, -0.25) is 9.59 Å². The second-order valence-electron chi connectivity index (χ2n) is 12.8. The molecule has 7 atom stereocenters. The summed E-state index contributed by atoms with van der Waals surface area (Å²) in [5.74, 6) is -0.176. The number of ether oxygens (including phenoxy) is 2. The fraction of sp³-hybridized carbons (Fsp3) is 0.829. The molecule has 0 saturated carbocycles. The molecule has 7 unspecified atom stereocenters. The minimum absolute atomic E-state index is 0.0873. The Kier molecular flexibility index (Phi) is 21.6. The number of esters is 1. The number of methoxy groups -OCH3 is 1. The molecule has 8 nitrogen and oxygen atoms in total. The van der Waals surface area contributed by atoms with E-state index in [1.807, 2.05) is 19.9 Å². The van der Waals surface area contributed by atoms with Crippen molar-refractivity contribution in [2.24, 2.45) is 17.8 Å². The smallest absolute Gasteiger partial charge is 0.309 e. The third-order valence-corrected chi connectivity index (χ3v) is 8.58. The zero-order chi connectivity index (χ0) is 32.0. The molecule has 1 amide bonds. The van der Waals surface area contributed by atoms with Crippen molar-refractivity contribution in [2.75, 3.05) is 20.3 Å². The molecule has 43 heavy (non-hydrogen) atoms. The van der Waals surface area contributed by atoms with Crippen molar-refractivity contribution < 1.29 is 34.4 Å². The van der Waals surface area contributed by atoms with Crippen molar-refractivity contribution in [3.8, 4) is 0 Å². The minimum atomic E-state index is -1.14. The highest BCUT2D eigenvalue weighted by atomic mass is 16.5. The van der Waals surface area contributed by atoms with Crippen LogP contribution in [0.1, 0.15) is 124 Å². The Bertz CT molecular complexity index is 814. The van der Waals surface area contributed by atoms with Gasteiger partial charge in [-0.25, -0.2) is 0 Å². The molecule has 0 aromatic rings. The van der Waals surface area contributed by atoms with Crippen molar-refractivity contribution in [3.63, 3.8) is 0 Å². The average Bonchev–Trinajstić information content (AvgIpc) is 2.97. The first-order chi connectivity index (χ1) is 20.6. The lowest BCUT2D eigenvalue weighted by atomic mass is 9.92. The van der Waals surface area contributed by atoms with Crippen LogP contribution < -0.4 is 5.32 Å². The Hall–Kier alpha value is -1.74. The Morgan fingerprint density at radius 1 is 0.930 bits per heavy atom. The number of aliphatic hydroxyl groups is 3. The Morgan fingerprint density at radius 2 is 1.60 bits per heavy atom. The van der Waals surface area contributed by atoms with E-state index in [9.17, 15) is 24.9 Å². The van der Waals surface area contributed by atoms with E-state index in [0.29, 0.717) is 44.1 Å². The predicted octanol–water partition coefficient (Wildman–Crippen LogP) is 6.02. The molecule has 0 spiro atoms. The van der Waals surface area contributed by atoms with Crippen molar-refractivity contribution in [1.29, 1.82) is 0 Å². The summed E-state index contributed by atoms with van der Waals surface area (Å²) < 4.78 is 11.0. The van der Waals surface area contributed by atoms with Crippen LogP contribution in [0.25, 0.3) is 0 Å². The second kappa shape index (κ2) is 23.6. The molecule has 0 radical (unpaired) electrons. The van der Waals surface area contributed by atoms with Gasteiger partial charge < -0.3 is 30.1 Å². The third kappa shape index (κ3) is 18.0. The molecule has 1 heterocycles. The van der Waals surface area contributed by atoms with Gasteiger partial charge >= 0.3 is 5.97 Å². The van der Waals surface area contributed by atoms with Crippen LogP contribution in [0.2, 0.25) is 0 Å². The molecule has 8 heteroatoms. The number of amides is 1. The van der Waals surface area contributed by atoms with E-state index in [1.165, 1.54) is 38.5 Å².